The SMILES string of the molecule is CCSc1ccc(CNC(=O)c2ccc3c(c2)CC(Cc2ccccc2C#N)N3C(C)C)cc1. The number of nitrogens with zero attached hydrogens (tertiary/aromatic N) is 2. The zero-order valence-electron chi connectivity index (χ0n) is 20.0. The van der Waals surface area contributed by atoms with Crippen molar-refractivity contribution < 1.29 is 4.79 Å². The molecule has 3 aromatic carbocycles. The molecular formula is C29H31N3OS. The van der Waals surface area contributed by atoms with Crippen LogP contribution in [-0.2, 0) is 19.4 Å². The van der Waals surface area contributed by atoms with E-state index in [4.69, 9.17) is 0 Å². The van der Waals surface area contributed by atoms with E-state index in [1.807, 2.05) is 48.2 Å². The van der Waals surface area contributed by atoms with E-state index in [0.29, 0.717) is 18.2 Å². The number of rotatable bonds is 8. The van der Waals surface area contributed by atoms with Crippen LogP contribution in [0.4, 0.5) is 5.69 Å². The molecule has 1 atom stereocenters. The summed E-state index contributed by atoms with van der Waals surface area (Å²) in [5.74, 6) is 0.998. The third-order valence-electron chi connectivity index (χ3n) is 6.31. The first kappa shape index (κ1) is 23.9. The molecule has 0 aromatic heterocycles. The average Bonchev–Trinajstić information content (AvgIpc) is 3.21. The predicted octanol–water partition coefficient (Wildman–Crippen LogP) is 5.98. The van der Waals surface area contributed by atoms with Gasteiger partial charge in [0.1, 0.15) is 0 Å². The third-order valence-corrected chi connectivity index (χ3v) is 7.20. The highest BCUT2D eigenvalue weighted by Crippen LogP contribution is 2.36. The lowest BCUT2D eigenvalue weighted by Gasteiger charge is -2.32. The maximum Gasteiger partial charge on any atom is 0.251 e. The first-order valence-electron chi connectivity index (χ1n) is 11.9. The van der Waals surface area contributed by atoms with Crippen molar-refractivity contribution in [1.82, 2.24) is 5.32 Å². The van der Waals surface area contributed by atoms with Crippen molar-refractivity contribution in [2.45, 2.75) is 57.1 Å². The molecule has 4 rings (SSSR count). The molecule has 1 heterocycles. The van der Waals surface area contributed by atoms with Gasteiger partial charge < -0.3 is 10.2 Å². The minimum Gasteiger partial charge on any atom is -0.365 e. The Morgan fingerprint density at radius 1 is 1.15 bits per heavy atom. The third kappa shape index (κ3) is 5.29. The van der Waals surface area contributed by atoms with Gasteiger partial charge in [0.25, 0.3) is 5.91 Å². The fourth-order valence-electron chi connectivity index (χ4n) is 4.78. The van der Waals surface area contributed by atoms with E-state index in [2.05, 4.69) is 67.4 Å². The number of nitrogens with one attached hydrogen (secondary N) is 1. The zero-order chi connectivity index (χ0) is 24.1. The summed E-state index contributed by atoms with van der Waals surface area (Å²) in [6, 6.07) is 25.2. The Balaban J connectivity index is 1.47. The summed E-state index contributed by atoms with van der Waals surface area (Å²) in [5.41, 5.74) is 5.99. The summed E-state index contributed by atoms with van der Waals surface area (Å²) < 4.78 is 0. The minimum absolute atomic E-state index is 0.0517. The lowest BCUT2D eigenvalue weighted by atomic mass is 9.97. The second-order valence-electron chi connectivity index (χ2n) is 8.94. The van der Waals surface area contributed by atoms with Crippen molar-refractivity contribution in [3.63, 3.8) is 0 Å². The summed E-state index contributed by atoms with van der Waals surface area (Å²) in [4.78, 5) is 16.6. The van der Waals surface area contributed by atoms with Crippen molar-refractivity contribution >= 4 is 23.4 Å². The maximum absolute atomic E-state index is 12.9. The van der Waals surface area contributed by atoms with Crippen molar-refractivity contribution in [2.75, 3.05) is 10.7 Å². The molecule has 34 heavy (non-hydrogen) atoms. The van der Waals surface area contributed by atoms with Crippen molar-refractivity contribution in [3.05, 3.63) is 94.5 Å². The van der Waals surface area contributed by atoms with Crippen LogP contribution in [0.5, 0.6) is 0 Å². The first-order chi connectivity index (χ1) is 16.5. The van der Waals surface area contributed by atoms with Crippen LogP contribution in [0.25, 0.3) is 0 Å². The molecule has 1 aliphatic rings. The van der Waals surface area contributed by atoms with Gasteiger partial charge in [-0.3, -0.25) is 4.79 Å². The van der Waals surface area contributed by atoms with Gasteiger partial charge in [0.2, 0.25) is 0 Å². The van der Waals surface area contributed by atoms with Crippen LogP contribution in [0.2, 0.25) is 0 Å². The van der Waals surface area contributed by atoms with Crippen LogP contribution in [-0.4, -0.2) is 23.7 Å². The Kier molecular flexibility index (Phi) is 7.59. The molecule has 1 N–H and O–H groups in total. The topological polar surface area (TPSA) is 56.1 Å². The standard InChI is InChI=1S/C29H31N3OS/c1-4-34-27-12-9-21(10-13-27)19-31-29(33)23-11-14-28-25(15-23)17-26(32(28)20(2)3)16-22-7-5-6-8-24(22)18-30/h5-15,20,26H,4,16-17,19H2,1-3H3,(H,31,33). The number of fused-ring (bicyclic) bond motifs is 1. The highest BCUT2D eigenvalue weighted by molar-refractivity contribution is 7.99. The van der Waals surface area contributed by atoms with Crippen molar-refractivity contribution in [3.8, 4) is 6.07 Å². The van der Waals surface area contributed by atoms with Gasteiger partial charge in [-0.15, -0.1) is 11.8 Å². The smallest absolute Gasteiger partial charge is 0.251 e. The van der Waals surface area contributed by atoms with E-state index in [1.54, 1.807) is 0 Å². The predicted molar refractivity (Wildman–Crippen MR) is 140 cm³/mol. The van der Waals surface area contributed by atoms with E-state index in [0.717, 1.165) is 35.3 Å². The van der Waals surface area contributed by atoms with E-state index in [-0.39, 0.29) is 11.9 Å². The molecule has 4 nitrogen and oxygen atoms in total. The van der Waals surface area contributed by atoms with E-state index in [1.165, 1.54) is 16.1 Å². The Morgan fingerprint density at radius 2 is 1.91 bits per heavy atom. The summed E-state index contributed by atoms with van der Waals surface area (Å²) in [6.07, 6.45) is 1.68. The van der Waals surface area contributed by atoms with E-state index in [9.17, 15) is 10.1 Å². The average molecular weight is 470 g/mol. The van der Waals surface area contributed by atoms with Gasteiger partial charge in [-0.1, -0.05) is 37.3 Å². The number of carbonyl (C=O) groups is 1. The summed E-state index contributed by atoms with van der Waals surface area (Å²) in [6.45, 7) is 7.05. The molecular weight excluding hydrogens is 438 g/mol. The molecule has 174 valence electrons. The molecule has 1 aliphatic heterocycles. The van der Waals surface area contributed by atoms with Crippen LogP contribution >= 0.6 is 11.8 Å². The molecule has 0 bridgehead atoms. The minimum atomic E-state index is -0.0517. The maximum atomic E-state index is 12.9. The number of nitriles is 1. The number of benzene rings is 3. The van der Waals surface area contributed by atoms with Crippen LogP contribution in [0.15, 0.2) is 71.6 Å². The van der Waals surface area contributed by atoms with Gasteiger partial charge in [-0.05, 0) is 85.5 Å². The second-order valence-corrected chi connectivity index (χ2v) is 10.3. The van der Waals surface area contributed by atoms with Crippen LogP contribution in [0.3, 0.4) is 0 Å². The Morgan fingerprint density at radius 3 is 2.62 bits per heavy atom. The molecule has 0 saturated heterocycles. The highest BCUT2D eigenvalue weighted by Gasteiger charge is 2.32. The van der Waals surface area contributed by atoms with Gasteiger partial charge in [0.05, 0.1) is 11.6 Å². The number of carbonyl (C=O) groups excluding carboxylic acids is 1. The number of hydrogen-bond donors (Lipinski definition) is 1. The molecule has 0 fully saturated rings. The van der Waals surface area contributed by atoms with Gasteiger partial charge in [-0.2, -0.15) is 5.26 Å². The van der Waals surface area contributed by atoms with Crippen molar-refractivity contribution in [2.24, 2.45) is 0 Å². The highest BCUT2D eigenvalue weighted by atomic mass is 32.2. The molecule has 1 amide bonds. The fourth-order valence-corrected chi connectivity index (χ4v) is 5.44. The number of hydrogen-bond acceptors (Lipinski definition) is 4. The monoisotopic (exact) mass is 469 g/mol. The quantitative estimate of drug-likeness (QED) is 0.412. The molecule has 0 aliphatic carbocycles. The summed E-state index contributed by atoms with van der Waals surface area (Å²) >= 11 is 1.81. The molecule has 5 heteroatoms. The summed E-state index contributed by atoms with van der Waals surface area (Å²) in [5, 5.41) is 12.6. The molecule has 0 spiro atoms. The molecule has 0 saturated carbocycles. The normalized spacial score (nSPS) is 14.7. The van der Waals surface area contributed by atoms with Crippen LogP contribution < -0.4 is 10.2 Å². The number of anilines is 1. The fraction of sp³-hybridized carbons (Fsp3) is 0.310. The lowest BCUT2D eigenvalue weighted by Crippen LogP contribution is -2.39. The first-order valence-corrected chi connectivity index (χ1v) is 12.9. The van der Waals surface area contributed by atoms with Crippen molar-refractivity contribution in [1.29, 1.82) is 5.26 Å². The molecule has 0 radical (unpaired) electrons. The van der Waals surface area contributed by atoms with Crippen LogP contribution in [0, 0.1) is 11.3 Å². The van der Waals surface area contributed by atoms with Gasteiger partial charge in [-0.25, -0.2) is 0 Å². The van der Waals surface area contributed by atoms with E-state index >= 15 is 0 Å². The van der Waals surface area contributed by atoms with Gasteiger partial charge in [0.15, 0.2) is 0 Å². The Hall–Kier alpha value is -3.23. The van der Waals surface area contributed by atoms with E-state index < -0.39 is 0 Å². The largest absolute Gasteiger partial charge is 0.365 e. The zero-order valence-corrected chi connectivity index (χ0v) is 20.9. The van der Waals surface area contributed by atoms with Gasteiger partial charge >= 0.3 is 0 Å². The lowest BCUT2D eigenvalue weighted by molar-refractivity contribution is 0.0951. The number of amides is 1. The number of thioether (sulfide) groups is 1. The molecule has 1 unspecified atom stereocenters. The Bertz CT molecular complexity index is 1200. The molecule has 3 aromatic rings. The Labute approximate surface area is 207 Å². The van der Waals surface area contributed by atoms with Gasteiger partial charge in [0, 0.05) is 34.8 Å². The van der Waals surface area contributed by atoms with Crippen LogP contribution in [0.1, 0.15) is 53.4 Å². The summed E-state index contributed by atoms with van der Waals surface area (Å²) in [7, 11) is 0. The second kappa shape index (κ2) is 10.8.